The second-order valence-electron chi connectivity index (χ2n) is 7.69. The summed E-state index contributed by atoms with van der Waals surface area (Å²) in [6.45, 7) is 4.15. The molecule has 0 saturated carbocycles. The van der Waals surface area contributed by atoms with Gasteiger partial charge in [0.1, 0.15) is 0 Å². The third-order valence-corrected chi connectivity index (χ3v) is 7.75. The molecule has 0 unspecified atom stereocenters. The van der Waals surface area contributed by atoms with Crippen LogP contribution >= 0.6 is 12.2 Å². The van der Waals surface area contributed by atoms with Gasteiger partial charge in [0.2, 0.25) is 14.8 Å². The zero-order valence-electron chi connectivity index (χ0n) is 17.4. The number of nitrogens with one attached hydrogen (secondary N) is 2. The lowest BCUT2D eigenvalue weighted by Crippen LogP contribution is -3.14. The second kappa shape index (κ2) is 8.90. The molecule has 10 nitrogen and oxygen atoms in total. The number of aryl methyl sites for hydroxylation is 1. The third kappa shape index (κ3) is 4.48. The molecule has 32 heavy (non-hydrogen) atoms. The van der Waals surface area contributed by atoms with Crippen LogP contribution in [0.2, 0.25) is 0 Å². The molecule has 1 aromatic heterocycles. The highest BCUT2D eigenvalue weighted by Crippen LogP contribution is 2.26. The van der Waals surface area contributed by atoms with Gasteiger partial charge in [-0.1, -0.05) is 42.0 Å². The van der Waals surface area contributed by atoms with E-state index in [4.69, 9.17) is 12.2 Å². The van der Waals surface area contributed by atoms with Crippen LogP contribution < -0.4 is 4.90 Å². The monoisotopic (exact) mass is 475 g/mol. The Morgan fingerprint density at radius 2 is 1.81 bits per heavy atom. The molecule has 0 amide bonds. The predicted molar refractivity (Wildman–Crippen MR) is 120 cm³/mol. The van der Waals surface area contributed by atoms with E-state index in [2.05, 4.69) is 10.1 Å². The molecule has 1 fully saturated rings. The van der Waals surface area contributed by atoms with Crippen molar-refractivity contribution in [3.8, 4) is 11.4 Å². The molecule has 1 aliphatic rings. The summed E-state index contributed by atoms with van der Waals surface area (Å²) in [5.41, 5.74) is 1.69. The zero-order valence-corrected chi connectivity index (χ0v) is 19.0. The number of para-hydroxylation sites is 1. The SMILES string of the molecule is Cc1ccc(-c2nc(=S)n(C[NH+]3CCN(S(=O)(=O)c4ccccc4[N+](=O)[O-])CC3)[nH]2)cc1. The molecule has 0 bridgehead atoms. The summed E-state index contributed by atoms with van der Waals surface area (Å²) in [6.07, 6.45) is 0. The summed E-state index contributed by atoms with van der Waals surface area (Å²) in [4.78, 5) is 15.9. The van der Waals surface area contributed by atoms with E-state index in [0.29, 0.717) is 30.4 Å². The fraction of sp³-hybridized carbons (Fsp3) is 0.300. The first-order chi connectivity index (χ1) is 15.3. The van der Waals surface area contributed by atoms with E-state index in [1.54, 1.807) is 4.68 Å². The minimum atomic E-state index is -3.95. The van der Waals surface area contributed by atoms with Gasteiger partial charge in [-0.25, -0.2) is 13.1 Å². The van der Waals surface area contributed by atoms with Crippen molar-refractivity contribution >= 4 is 27.9 Å². The lowest BCUT2D eigenvalue weighted by atomic mass is 10.1. The molecule has 0 spiro atoms. The van der Waals surface area contributed by atoms with Gasteiger partial charge < -0.3 is 4.90 Å². The number of hydrogen-bond acceptors (Lipinski definition) is 6. The number of aromatic amines is 1. The molecule has 1 saturated heterocycles. The molecular weight excluding hydrogens is 452 g/mol. The van der Waals surface area contributed by atoms with Crippen molar-refractivity contribution < 1.29 is 18.2 Å². The summed E-state index contributed by atoms with van der Waals surface area (Å²) in [6, 6.07) is 13.4. The van der Waals surface area contributed by atoms with E-state index in [1.807, 2.05) is 31.2 Å². The van der Waals surface area contributed by atoms with Crippen molar-refractivity contribution in [2.75, 3.05) is 26.2 Å². The Bertz CT molecular complexity index is 1290. The number of hydrogen-bond donors (Lipinski definition) is 2. The number of quaternary nitrogens is 1. The molecule has 0 aliphatic carbocycles. The summed E-state index contributed by atoms with van der Waals surface area (Å²) < 4.78 is 29.5. The van der Waals surface area contributed by atoms with Crippen molar-refractivity contribution in [2.45, 2.75) is 18.5 Å². The molecule has 1 aliphatic heterocycles. The first-order valence-electron chi connectivity index (χ1n) is 10.1. The number of rotatable bonds is 6. The normalized spacial score (nSPS) is 15.7. The van der Waals surface area contributed by atoms with E-state index >= 15 is 0 Å². The quantitative estimate of drug-likeness (QED) is 0.316. The van der Waals surface area contributed by atoms with E-state index in [9.17, 15) is 18.5 Å². The van der Waals surface area contributed by atoms with Gasteiger partial charge >= 0.3 is 0 Å². The molecule has 0 radical (unpaired) electrons. The van der Waals surface area contributed by atoms with Crippen LogP contribution in [-0.2, 0) is 16.7 Å². The highest BCUT2D eigenvalue weighted by atomic mass is 32.2. The van der Waals surface area contributed by atoms with Gasteiger partial charge in [-0.05, 0) is 25.2 Å². The van der Waals surface area contributed by atoms with Crippen molar-refractivity contribution in [3.63, 3.8) is 0 Å². The maximum absolute atomic E-state index is 13.0. The highest BCUT2D eigenvalue weighted by molar-refractivity contribution is 7.89. The van der Waals surface area contributed by atoms with Crippen molar-refractivity contribution in [1.82, 2.24) is 19.1 Å². The number of nitro groups is 1. The highest BCUT2D eigenvalue weighted by Gasteiger charge is 2.34. The number of aromatic nitrogens is 3. The van der Waals surface area contributed by atoms with E-state index in [0.717, 1.165) is 16.0 Å². The topological polar surface area (TPSA) is 119 Å². The Morgan fingerprint density at radius 1 is 1.16 bits per heavy atom. The lowest BCUT2D eigenvalue weighted by Gasteiger charge is -2.31. The number of piperazine rings is 1. The number of sulfonamides is 1. The molecule has 2 aromatic carbocycles. The van der Waals surface area contributed by atoms with Gasteiger partial charge in [-0.3, -0.25) is 15.2 Å². The first-order valence-corrected chi connectivity index (χ1v) is 11.9. The fourth-order valence-corrected chi connectivity index (χ4v) is 5.49. The minimum Gasteiger partial charge on any atom is -0.314 e. The van der Waals surface area contributed by atoms with Crippen LogP contribution in [-0.4, -0.2) is 58.6 Å². The van der Waals surface area contributed by atoms with E-state index < -0.39 is 20.6 Å². The molecule has 4 rings (SSSR count). The maximum Gasteiger partial charge on any atom is 0.289 e. The molecule has 2 heterocycles. The first kappa shape index (κ1) is 22.3. The summed E-state index contributed by atoms with van der Waals surface area (Å²) in [5, 5.41) is 14.5. The van der Waals surface area contributed by atoms with Gasteiger partial charge in [-0.15, -0.1) is 0 Å². The fourth-order valence-electron chi connectivity index (χ4n) is 3.69. The van der Waals surface area contributed by atoms with Crippen molar-refractivity contribution in [2.24, 2.45) is 0 Å². The molecule has 2 N–H and O–H groups in total. The van der Waals surface area contributed by atoms with Crippen LogP contribution in [0.15, 0.2) is 53.4 Å². The summed E-state index contributed by atoms with van der Waals surface area (Å²) >= 11 is 5.39. The van der Waals surface area contributed by atoms with Gasteiger partial charge in [0.05, 0.1) is 31.1 Å². The van der Waals surface area contributed by atoms with Crippen molar-refractivity contribution in [3.05, 3.63) is 69.0 Å². The van der Waals surface area contributed by atoms with Crippen LogP contribution in [0.4, 0.5) is 5.69 Å². The van der Waals surface area contributed by atoms with Crippen LogP contribution in [0, 0.1) is 21.8 Å². The van der Waals surface area contributed by atoms with Gasteiger partial charge in [-0.2, -0.15) is 9.29 Å². The van der Waals surface area contributed by atoms with Gasteiger partial charge in [0, 0.05) is 11.6 Å². The van der Waals surface area contributed by atoms with Crippen LogP contribution in [0.3, 0.4) is 0 Å². The van der Waals surface area contributed by atoms with Gasteiger partial charge in [0.15, 0.2) is 17.4 Å². The molecule has 12 heteroatoms. The number of H-pyrrole nitrogens is 1. The number of nitrogens with zero attached hydrogens (tertiary/aromatic N) is 4. The smallest absolute Gasteiger partial charge is 0.289 e. The Kier molecular flexibility index (Phi) is 6.20. The van der Waals surface area contributed by atoms with Crippen molar-refractivity contribution in [1.29, 1.82) is 0 Å². The lowest BCUT2D eigenvalue weighted by molar-refractivity contribution is -0.926. The van der Waals surface area contributed by atoms with E-state index in [-0.39, 0.29) is 18.0 Å². The minimum absolute atomic E-state index is 0.260. The maximum atomic E-state index is 13.0. The second-order valence-corrected chi connectivity index (χ2v) is 9.96. The van der Waals surface area contributed by atoms with E-state index in [1.165, 1.54) is 28.6 Å². The summed E-state index contributed by atoms with van der Waals surface area (Å²) in [5.74, 6) is 0.687. The van der Waals surface area contributed by atoms with Crippen LogP contribution in [0.1, 0.15) is 5.56 Å². The third-order valence-electron chi connectivity index (χ3n) is 5.50. The molecule has 168 valence electrons. The van der Waals surface area contributed by atoms with Crippen LogP contribution in [0.25, 0.3) is 11.4 Å². The molecule has 0 atom stereocenters. The molecular formula is C20H23N6O4S2+. The zero-order chi connectivity index (χ0) is 22.9. The van der Waals surface area contributed by atoms with Gasteiger partial charge in [0.25, 0.3) is 5.69 Å². The average molecular weight is 476 g/mol. The summed E-state index contributed by atoms with van der Waals surface area (Å²) in [7, 11) is -3.95. The number of nitro benzene ring substituents is 1. The Morgan fingerprint density at radius 3 is 2.47 bits per heavy atom. The molecule has 3 aromatic rings. The standard InChI is InChI=1S/C20H22N6O4S2/c1-15-6-8-16(9-7-15)19-21-20(31)25(22-19)14-23-10-12-24(13-11-23)32(29,30)18-5-3-2-4-17(18)26(27)28/h2-9H,10-14H2,1H3,(H,21,22,31)/p+1. The van der Waals surface area contributed by atoms with Crippen LogP contribution in [0.5, 0.6) is 0 Å². The Labute approximate surface area is 190 Å². The largest absolute Gasteiger partial charge is 0.314 e. The average Bonchev–Trinajstić information content (AvgIpc) is 3.14. The Hall–Kier alpha value is -2.93. The Balaban J connectivity index is 1.44. The number of benzene rings is 2. The predicted octanol–water partition coefficient (Wildman–Crippen LogP) is 1.37.